The van der Waals surface area contributed by atoms with Crippen LogP contribution in [-0.4, -0.2) is 26.5 Å². The molecule has 1 aromatic rings. The molecular formula is C12H16BrNO2S2. The minimum absolute atomic E-state index is 0.279. The van der Waals surface area contributed by atoms with E-state index in [1.165, 1.54) is 0 Å². The molecule has 0 unspecified atom stereocenters. The summed E-state index contributed by atoms with van der Waals surface area (Å²) in [6.45, 7) is 5.94. The van der Waals surface area contributed by atoms with Gasteiger partial charge in [-0.1, -0.05) is 12.1 Å². The highest BCUT2D eigenvalue weighted by atomic mass is 79.9. The number of aryl methyl sites for hydroxylation is 1. The smallest absolute Gasteiger partial charge is 0.210 e. The molecule has 0 heterocycles. The monoisotopic (exact) mass is 349 g/mol. The molecule has 0 aliphatic rings. The zero-order chi connectivity index (χ0) is 13.6. The molecule has 1 N–H and O–H groups in total. The van der Waals surface area contributed by atoms with Crippen molar-refractivity contribution in [3.05, 3.63) is 40.9 Å². The van der Waals surface area contributed by atoms with Crippen LogP contribution >= 0.6 is 27.7 Å². The van der Waals surface area contributed by atoms with Crippen molar-refractivity contribution in [3.8, 4) is 0 Å². The van der Waals surface area contributed by atoms with Crippen LogP contribution in [0.4, 0.5) is 0 Å². The predicted molar refractivity (Wildman–Crippen MR) is 81.6 cm³/mol. The highest BCUT2D eigenvalue weighted by Crippen LogP contribution is 2.22. The van der Waals surface area contributed by atoms with Crippen molar-refractivity contribution in [3.63, 3.8) is 0 Å². The Balaban J connectivity index is 2.65. The fourth-order valence-electron chi connectivity index (χ4n) is 1.32. The van der Waals surface area contributed by atoms with Gasteiger partial charge in [0.1, 0.15) is 0 Å². The third kappa shape index (κ3) is 4.76. The minimum atomic E-state index is -3.43. The molecule has 0 aromatic heterocycles. The fourth-order valence-corrected chi connectivity index (χ4v) is 4.25. The van der Waals surface area contributed by atoms with Gasteiger partial charge >= 0.3 is 0 Å². The van der Waals surface area contributed by atoms with E-state index in [1.807, 2.05) is 6.92 Å². The molecule has 3 nitrogen and oxygen atoms in total. The number of sulfonamides is 1. The molecule has 0 saturated heterocycles. The highest BCUT2D eigenvalue weighted by Gasteiger charge is 2.16. The minimum Gasteiger partial charge on any atom is -0.210 e. The molecule has 0 fully saturated rings. The Morgan fingerprint density at radius 2 is 2.22 bits per heavy atom. The number of rotatable bonds is 7. The number of halogens is 1. The maximum Gasteiger partial charge on any atom is 0.241 e. The highest BCUT2D eigenvalue weighted by molar-refractivity contribution is 9.10. The Kier molecular flexibility index (Phi) is 6.42. The summed E-state index contributed by atoms with van der Waals surface area (Å²) in [4.78, 5) is 0.279. The molecule has 0 saturated carbocycles. The molecule has 0 atom stereocenters. The largest absolute Gasteiger partial charge is 0.241 e. The maximum absolute atomic E-state index is 12.0. The summed E-state index contributed by atoms with van der Waals surface area (Å²) in [6, 6.07) is 5.19. The first-order valence-corrected chi connectivity index (χ1v) is 8.85. The molecule has 0 spiro atoms. The van der Waals surface area contributed by atoms with Crippen molar-refractivity contribution in [2.45, 2.75) is 11.8 Å². The van der Waals surface area contributed by atoms with Gasteiger partial charge in [0.05, 0.1) is 4.90 Å². The lowest BCUT2D eigenvalue weighted by Crippen LogP contribution is -2.26. The standard InChI is InChI=1S/C12H16BrNO2S2/c1-3-7-17-8-6-14-18(15,16)12-5-4-10(2)9-11(12)13/h3-5,9,14H,1,6-8H2,2H3. The number of hydrogen-bond acceptors (Lipinski definition) is 3. The van der Waals surface area contributed by atoms with Crippen molar-refractivity contribution in [2.24, 2.45) is 0 Å². The van der Waals surface area contributed by atoms with Crippen LogP contribution in [0, 0.1) is 6.92 Å². The van der Waals surface area contributed by atoms with E-state index in [9.17, 15) is 8.42 Å². The van der Waals surface area contributed by atoms with E-state index in [-0.39, 0.29) is 4.90 Å². The first kappa shape index (κ1) is 15.8. The first-order valence-electron chi connectivity index (χ1n) is 5.42. The van der Waals surface area contributed by atoms with Crippen LogP contribution in [0.3, 0.4) is 0 Å². The lowest BCUT2D eigenvalue weighted by Gasteiger charge is -2.08. The van der Waals surface area contributed by atoms with Crippen molar-refractivity contribution >= 4 is 37.7 Å². The summed E-state index contributed by atoms with van der Waals surface area (Å²) in [5, 5.41) is 0. The maximum atomic E-state index is 12.0. The zero-order valence-corrected chi connectivity index (χ0v) is 13.4. The quantitative estimate of drug-likeness (QED) is 0.608. The molecule has 0 bridgehead atoms. The van der Waals surface area contributed by atoms with E-state index in [1.54, 1.807) is 36.0 Å². The second-order valence-electron chi connectivity index (χ2n) is 3.70. The Morgan fingerprint density at radius 3 is 2.83 bits per heavy atom. The number of hydrogen-bond donors (Lipinski definition) is 1. The first-order chi connectivity index (χ1) is 8.47. The van der Waals surface area contributed by atoms with Crippen molar-refractivity contribution in [2.75, 3.05) is 18.1 Å². The third-order valence-corrected chi connectivity index (χ3v) is 5.55. The van der Waals surface area contributed by atoms with Gasteiger partial charge in [-0.25, -0.2) is 13.1 Å². The van der Waals surface area contributed by atoms with Crippen LogP contribution in [0.1, 0.15) is 5.56 Å². The van der Waals surface area contributed by atoms with Crippen molar-refractivity contribution in [1.29, 1.82) is 0 Å². The van der Waals surface area contributed by atoms with E-state index in [0.717, 1.165) is 17.1 Å². The molecule has 1 rings (SSSR count). The predicted octanol–water partition coefficient (Wildman–Crippen LogP) is 2.96. The van der Waals surface area contributed by atoms with Crippen LogP contribution in [0.15, 0.2) is 40.2 Å². The Bertz CT molecular complexity index is 515. The summed E-state index contributed by atoms with van der Waals surface area (Å²) >= 11 is 4.92. The van der Waals surface area contributed by atoms with E-state index in [0.29, 0.717) is 11.0 Å². The Morgan fingerprint density at radius 1 is 1.50 bits per heavy atom. The van der Waals surface area contributed by atoms with Gasteiger partial charge in [-0.3, -0.25) is 0 Å². The molecule has 0 aliphatic carbocycles. The Hall–Kier alpha value is -0.300. The Labute approximate surface area is 121 Å². The van der Waals surface area contributed by atoms with Gasteiger partial charge in [0, 0.05) is 22.5 Å². The van der Waals surface area contributed by atoms with Crippen LogP contribution < -0.4 is 4.72 Å². The van der Waals surface area contributed by atoms with Gasteiger partial charge in [-0.05, 0) is 40.5 Å². The summed E-state index contributed by atoms with van der Waals surface area (Å²) in [6.07, 6.45) is 1.80. The van der Waals surface area contributed by atoms with E-state index >= 15 is 0 Å². The third-order valence-electron chi connectivity index (χ3n) is 2.15. The van der Waals surface area contributed by atoms with Crippen LogP contribution in [-0.2, 0) is 10.0 Å². The number of benzene rings is 1. The van der Waals surface area contributed by atoms with Gasteiger partial charge in [-0.15, -0.1) is 6.58 Å². The molecule has 100 valence electrons. The summed E-state index contributed by atoms with van der Waals surface area (Å²) in [5.74, 6) is 1.56. The lowest BCUT2D eigenvalue weighted by molar-refractivity contribution is 0.583. The van der Waals surface area contributed by atoms with Gasteiger partial charge in [0.25, 0.3) is 0 Å². The topological polar surface area (TPSA) is 46.2 Å². The van der Waals surface area contributed by atoms with Crippen LogP contribution in [0.2, 0.25) is 0 Å². The normalized spacial score (nSPS) is 11.4. The van der Waals surface area contributed by atoms with Gasteiger partial charge in [-0.2, -0.15) is 11.8 Å². The number of thioether (sulfide) groups is 1. The fraction of sp³-hybridized carbons (Fsp3) is 0.333. The van der Waals surface area contributed by atoms with E-state index in [4.69, 9.17) is 0 Å². The molecule has 1 aromatic carbocycles. The molecule has 0 aliphatic heterocycles. The van der Waals surface area contributed by atoms with E-state index in [2.05, 4.69) is 27.2 Å². The van der Waals surface area contributed by atoms with Crippen LogP contribution in [0.25, 0.3) is 0 Å². The summed E-state index contributed by atoms with van der Waals surface area (Å²) in [7, 11) is -3.43. The molecule has 18 heavy (non-hydrogen) atoms. The average molecular weight is 350 g/mol. The molecule has 0 radical (unpaired) electrons. The van der Waals surface area contributed by atoms with Crippen LogP contribution in [0.5, 0.6) is 0 Å². The van der Waals surface area contributed by atoms with Gasteiger partial charge in [0.15, 0.2) is 0 Å². The van der Waals surface area contributed by atoms with Gasteiger partial charge in [0.2, 0.25) is 10.0 Å². The molecule has 6 heteroatoms. The van der Waals surface area contributed by atoms with Crippen molar-refractivity contribution < 1.29 is 8.42 Å². The SMILES string of the molecule is C=CCSCCNS(=O)(=O)c1ccc(C)cc1Br. The lowest BCUT2D eigenvalue weighted by atomic mass is 10.2. The van der Waals surface area contributed by atoms with Gasteiger partial charge < -0.3 is 0 Å². The summed E-state index contributed by atoms with van der Waals surface area (Å²) in [5.41, 5.74) is 1.02. The zero-order valence-electron chi connectivity index (χ0n) is 10.1. The second-order valence-corrected chi connectivity index (χ2v) is 7.43. The summed E-state index contributed by atoms with van der Waals surface area (Å²) < 4.78 is 27.2. The van der Waals surface area contributed by atoms with E-state index < -0.39 is 10.0 Å². The molecule has 0 amide bonds. The molecular weight excluding hydrogens is 334 g/mol. The van der Waals surface area contributed by atoms with Crippen molar-refractivity contribution in [1.82, 2.24) is 4.72 Å². The average Bonchev–Trinajstić information content (AvgIpc) is 2.28. The number of nitrogens with one attached hydrogen (secondary N) is 1. The second kappa shape index (κ2) is 7.33.